The monoisotopic (exact) mass is 613 g/mol. The Hall–Kier alpha value is -4.61. The zero-order valence-electron chi connectivity index (χ0n) is 23.3. The smallest absolute Gasteiger partial charge is 0.369 e. The fraction of sp³-hybridized carbons (Fsp3) is 0.310. The molecular formula is C29H30F3N7O3S. The Bertz CT molecular complexity index is 1670. The average molecular weight is 614 g/mol. The van der Waals surface area contributed by atoms with Gasteiger partial charge in [0.25, 0.3) is 11.5 Å². The van der Waals surface area contributed by atoms with Gasteiger partial charge in [-0.15, -0.1) is 11.3 Å². The number of halogens is 3. The minimum atomic E-state index is -4.65. The van der Waals surface area contributed by atoms with Crippen molar-refractivity contribution in [3.05, 3.63) is 74.1 Å². The predicted molar refractivity (Wildman–Crippen MR) is 160 cm³/mol. The van der Waals surface area contributed by atoms with Crippen molar-refractivity contribution in [3.8, 4) is 6.07 Å². The van der Waals surface area contributed by atoms with Crippen molar-refractivity contribution in [1.29, 1.82) is 5.26 Å². The van der Waals surface area contributed by atoms with Crippen molar-refractivity contribution in [2.45, 2.75) is 19.6 Å². The van der Waals surface area contributed by atoms with Crippen molar-refractivity contribution >= 4 is 52.0 Å². The van der Waals surface area contributed by atoms with E-state index < -0.39 is 29.8 Å². The van der Waals surface area contributed by atoms with Crippen LogP contribution in [0.5, 0.6) is 0 Å². The van der Waals surface area contributed by atoms with E-state index in [9.17, 15) is 32.8 Å². The van der Waals surface area contributed by atoms with Crippen molar-refractivity contribution in [2.75, 3.05) is 54.8 Å². The molecular weight excluding hydrogens is 583 g/mol. The maximum absolute atomic E-state index is 12.9. The van der Waals surface area contributed by atoms with Crippen LogP contribution in [0, 0.1) is 11.3 Å². The van der Waals surface area contributed by atoms with Gasteiger partial charge in [0.15, 0.2) is 5.57 Å². The van der Waals surface area contributed by atoms with E-state index >= 15 is 0 Å². The number of nitrogens with zero attached hydrogens (tertiary/aromatic N) is 4. The number of alkyl halides is 3. The number of para-hydroxylation sites is 1. The maximum atomic E-state index is 12.9. The number of aromatic nitrogens is 1. The second kappa shape index (κ2) is 14.0. The van der Waals surface area contributed by atoms with Gasteiger partial charge in [0.05, 0.1) is 6.54 Å². The largest absolute Gasteiger partial charge is 0.405 e. The Morgan fingerprint density at radius 2 is 1.74 bits per heavy atom. The zero-order valence-corrected chi connectivity index (χ0v) is 24.1. The third-order valence-electron chi connectivity index (χ3n) is 6.60. The van der Waals surface area contributed by atoms with Crippen LogP contribution in [0.25, 0.3) is 11.8 Å². The lowest BCUT2D eigenvalue weighted by Gasteiger charge is -2.35. The summed E-state index contributed by atoms with van der Waals surface area (Å²) >= 11 is 0.809. The molecule has 10 nitrogen and oxygen atoms in total. The molecule has 1 fully saturated rings. The SMILES string of the molecule is CCn1c(=O)/c(=C\Nc2cccc(NC(=O)CN3CCN(c4ccccc4)CC3)c2)s/c1=C(/C#N)C(=O)NCC(F)(F)F. The van der Waals surface area contributed by atoms with Crippen molar-refractivity contribution in [2.24, 2.45) is 0 Å². The van der Waals surface area contributed by atoms with E-state index in [-0.39, 0.29) is 28.2 Å². The van der Waals surface area contributed by atoms with Crippen LogP contribution in [-0.4, -0.2) is 66.7 Å². The van der Waals surface area contributed by atoms with Gasteiger partial charge in [-0.05, 0) is 37.3 Å². The number of amides is 2. The van der Waals surface area contributed by atoms with Gasteiger partial charge >= 0.3 is 6.18 Å². The topological polar surface area (TPSA) is 122 Å². The lowest BCUT2D eigenvalue weighted by Crippen LogP contribution is -2.48. The summed E-state index contributed by atoms with van der Waals surface area (Å²) in [5.74, 6) is -1.38. The molecule has 1 aliphatic rings. The molecule has 0 spiro atoms. The first-order valence-corrected chi connectivity index (χ1v) is 14.3. The molecule has 43 heavy (non-hydrogen) atoms. The number of hydrogen-bond donors (Lipinski definition) is 3. The van der Waals surface area contributed by atoms with Crippen LogP contribution in [0.15, 0.2) is 59.4 Å². The van der Waals surface area contributed by atoms with Gasteiger partial charge in [-0.3, -0.25) is 23.9 Å². The van der Waals surface area contributed by atoms with Gasteiger partial charge in [0, 0.05) is 56.0 Å². The molecule has 1 saturated heterocycles. The van der Waals surface area contributed by atoms with E-state index in [4.69, 9.17) is 0 Å². The summed E-state index contributed by atoms with van der Waals surface area (Å²) < 4.78 is 38.8. The standard InChI is InChI=1S/C29H30F3N7O3S/c1-2-39-27(42)24(43-28(39)23(16-33)26(41)35-19-29(30,31)32)17-34-20-7-6-8-21(15-20)36-25(40)18-37-11-13-38(14-12-37)22-9-4-3-5-10-22/h3-10,15,17,34H,2,11-14,18-19H2,1H3,(H,35,41)(H,36,40)/b24-17+,28-23-. The Kier molecular flexibility index (Phi) is 10.2. The van der Waals surface area contributed by atoms with E-state index in [1.165, 1.54) is 6.20 Å². The molecule has 1 aliphatic heterocycles. The number of rotatable bonds is 9. The number of thiazole rings is 1. The first kappa shape index (κ1) is 31.3. The Morgan fingerprint density at radius 1 is 1.05 bits per heavy atom. The van der Waals surface area contributed by atoms with Crippen molar-refractivity contribution < 1.29 is 22.8 Å². The lowest BCUT2D eigenvalue weighted by atomic mass is 10.2. The minimum Gasteiger partial charge on any atom is -0.369 e. The van der Waals surface area contributed by atoms with E-state index in [1.807, 2.05) is 18.2 Å². The second-order valence-electron chi connectivity index (χ2n) is 9.62. The number of hydrogen-bond acceptors (Lipinski definition) is 8. The fourth-order valence-electron chi connectivity index (χ4n) is 4.50. The molecule has 226 valence electrons. The van der Waals surface area contributed by atoms with E-state index in [2.05, 4.69) is 32.6 Å². The van der Waals surface area contributed by atoms with Crippen LogP contribution < -0.4 is 35.6 Å². The summed E-state index contributed by atoms with van der Waals surface area (Å²) in [4.78, 5) is 42.3. The molecule has 2 amide bonds. The van der Waals surface area contributed by atoms with Gasteiger partial charge in [-0.1, -0.05) is 24.3 Å². The summed E-state index contributed by atoms with van der Waals surface area (Å²) in [7, 11) is 0. The number of nitriles is 1. The first-order valence-electron chi connectivity index (χ1n) is 13.5. The highest BCUT2D eigenvalue weighted by Gasteiger charge is 2.29. The van der Waals surface area contributed by atoms with Crippen LogP contribution >= 0.6 is 11.3 Å². The van der Waals surface area contributed by atoms with E-state index in [0.29, 0.717) is 11.4 Å². The molecule has 1 aromatic heterocycles. The van der Waals surface area contributed by atoms with Gasteiger partial charge in [-0.25, -0.2) is 0 Å². The number of piperazine rings is 1. The molecule has 3 N–H and O–H groups in total. The summed E-state index contributed by atoms with van der Waals surface area (Å²) in [5, 5.41) is 17.0. The van der Waals surface area contributed by atoms with Crippen molar-refractivity contribution in [1.82, 2.24) is 14.8 Å². The molecule has 2 aromatic carbocycles. The van der Waals surface area contributed by atoms with Gasteiger partial charge in [-0.2, -0.15) is 18.4 Å². The molecule has 0 radical (unpaired) electrons. The van der Waals surface area contributed by atoms with Gasteiger partial charge < -0.3 is 20.9 Å². The number of benzene rings is 2. The molecule has 0 atom stereocenters. The molecule has 3 aromatic rings. The van der Waals surface area contributed by atoms with Gasteiger partial charge in [0.2, 0.25) is 5.91 Å². The second-order valence-corrected chi connectivity index (χ2v) is 10.7. The minimum absolute atomic E-state index is 0.0478. The Morgan fingerprint density at radius 3 is 2.40 bits per heavy atom. The molecule has 4 rings (SSSR count). The molecule has 14 heteroatoms. The molecule has 0 bridgehead atoms. The predicted octanol–water partition coefficient (Wildman–Crippen LogP) is 1.89. The molecule has 0 aliphatic carbocycles. The molecule has 0 saturated carbocycles. The zero-order chi connectivity index (χ0) is 31.0. The number of carbonyl (C=O) groups excluding carboxylic acids is 2. The quantitative estimate of drug-likeness (QED) is 0.337. The maximum Gasteiger partial charge on any atom is 0.405 e. The number of nitrogens with one attached hydrogen (secondary N) is 3. The van der Waals surface area contributed by atoms with Crippen LogP contribution in [-0.2, 0) is 16.1 Å². The Balaban J connectivity index is 1.41. The van der Waals surface area contributed by atoms with Crippen LogP contribution in [0.3, 0.4) is 0 Å². The summed E-state index contributed by atoms with van der Waals surface area (Å²) in [6.45, 7) is 3.51. The highest BCUT2D eigenvalue weighted by Crippen LogP contribution is 2.17. The summed E-state index contributed by atoms with van der Waals surface area (Å²) in [5.41, 5.74) is 1.17. The highest BCUT2D eigenvalue weighted by atomic mass is 32.1. The van der Waals surface area contributed by atoms with Crippen LogP contribution in [0.4, 0.5) is 30.2 Å². The number of carbonyl (C=O) groups is 2. The van der Waals surface area contributed by atoms with Crippen LogP contribution in [0.2, 0.25) is 0 Å². The van der Waals surface area contributed by atoms with Gasteiger partial charge in [0.1, 0.15) is 21.8 Å². The lowest BCUT2D eigenvalue weighted by molar-refractivity contribution is -0.135. The highest BCUT2D eigenvalue weighted by molar-refractivity contribution is 7.07. The van der Waals surface area contributed by atoms with Crippen LogP contribution in [0.1, 0.15) is 6.92 Å². The third kappa shape index (κ3) is 8.46. The Labute approximate surface area is 249 Å². The molecule has 0 unspecified atom stereocenters. The summed E-state index contributed by atoms with van der Waals surface area (Å²) in [6.07, 6.45) is -3.26. The first-order chi connectivity index (χ1) is 20.6. The number of anilines is 3. The fourth-order valence-corrected chi connectivity index (χ4v) is 5.59. The normalized spacial score (nSPS) is 15.0. The third-order valence-corrected chi connectivity index (χ3v) is 7.73. The molecule has 2 heterocycles. The van der Waals surface area contributed by atoms with E-state index in [1.54, 1.807) is 42.6 Å². The van der Waals surface area contributed by atoms with E-state index in [0.717, 1.165) is 47.8 Å². The summed E-state index contributed by atoms with van der Waals surface area (Å²) in [6, 6.07) is 18.6. The average Bonchev–Trinajstić information content (AvgIpc) is 3.30. The van der Waals surface area contributed by atoms with Crippen molar-refractivity contribution in [3.63, 3.8) is 0 Å².